The molecule has 2 atom stereocenters. The Bertz CT molecular complexity index is 573. The molecule has 0 aromatic heterocycles. The molecule has 0 spiro atoms. The molecule has 3 nitrogen and oxygen atoms in total. The van der Waals surface area contributed by atoms with Crippen LogP contribution in [0.15, 0.2) is 60.7 Å². The maximum absolute atomic E-state index is 6.08. The molecule has 1 aliphatic rings. The predicted molar refractivity (Wildman–Crippen MR) is 89.0 cm³/mol. The van der Waals surface area contributed by atoms with Gasteiger partial charge in [0.15, 0.2) is 0 Å². The minimum atomic E-state index is 0.245. The van der Waals surface area contributed by atoms with Gasteiger partial charge < -0.3 is 0 Å². The highest BCUT2D eigenvalue weighted by molar-refractivity contribution is 5.22. The van der Waals surface area contributed by atoms with Crippen molar-refractivity contribution in [3.8, 4) is 0 Å². The van der Waals surface area contributed by atoms with E-state index in [1.807, 2.05) is 0 Å². The normalized spacial score (nSPS) is 23.5. The van der Waals surface area contributed by atoms with Gasteiger partial charge in [-0.3, -0.25) is 9.74 Å². The zero-order valence-electron chi connectivity index (χ0n) is 13.4. The maximum atomic E-state index is 6.08. The van der Waals surface area contributed by atoms with Crippen molar-refractivity contribution >= 4 is 0 Å². The van der Waals surface area contributed by atoms with E-state index in [-0.39, 0.29) is 6.04 Å². The molecule has 3 heteroatoms. The van der Waals surface area contributed by atoms with E-state index >= 15 is 0 Å². The lowest BCUT2D eigenvalue weighted by Crippen LogP contribution is -2.51. The molecule has 0 aliphatic carbocycles. The van der Waals surface area contributed by atoms with Gasteiger partial charge in [0, 0.05) is 12.6 Å². The molecule has 3 rings (SSSR count). The van der Waals surface area contributed by atoms with Gasteiger partial charge >= 0.3 is 0 Å². The molecule has 2 aromatic carbocycles. The molecular weight excluding hydrogens is 272 g/mol. The van der Waals surface area contributed by atoms with Gasteiger partial charge in [0.1, 0.15) is 6.73 Å². The van der Waals surface area contributed by atoms with Crippen molar-refractivity contribution in [2.24, 2.45) is 0 Å². The minimum absolute atomic E-state index is 0.245. The monoisotopic (exact) mass is 296 g/mol. The van der Waals surface area contributed by atoms with Crippen LogP contribution >= 0.6 is 0 Å². The fourth-order valence-corrected chi connectivity index (χ4v) is 3.17. The second kappa shape index (κ2) is 7.05. The number of hydrogen-bond donors (Lipinski definition) is 0. The lowest BCUT2D eigenvalue weighted by Gasteiger charge is -2.45. The summed E-state index contributed by atoms with van der Waals surface area (Å²) in [7, 11) is 0. The maximum Gasteiger partial charge on any atom is 0.121 e. The number of hydrogen-bond acceptors (Lipinski definition) is 3. The largest absolute Gasteiger partial charge is 0.282 e. The van der Waals surface area contributed by atoms with Crippen molar-refractivity contribution in [3.05, 3.63) is 71.8 Å². The molecule has 1 fully saturated rings. The number of likely N-dealkylation sites (N-methyl/N-ethyl adjacent to an activating group) is 1. The van der Waals surface area contributed by atoms with Crippen molar-refractivity contribution in [1.82, 2.24) is 9.96 Å². The summed E-state index contributed by atoms with van der Waals surface area (Å²) < 4.78 is 0. The van der Waals surface area contributed by atoms with Crippen LogP contribution in [0.4, 0.5) is 0 Å². The molecule has 1 heterocycles. The van der Waals surface area contributed by atoms with Gasteiger partial charge in [0.2, 0.25) is 0 Å². The Morgan fingerprint density at radius 1 is 1.00 bits per heavy atom. The van der Waals surface area contributed by atoms with E-state index in [1.54, 1.807) is 0 Å². The van der Waals surface area contributed by atoms with Gasteiger partial charge in [-0.2, -0.15) is 5.06 Å². The summed E-state index contributed by atoms with van der Waals surface area (Å²) in [6.45, 7) is 6.95. The van der Waals surface area contributed by atoms with E-state index in [0.717, 1.165) is 13.1 Å². The van der Waals surface area contributed by atoms with Crippen LogP contribution in [0.2, 0.25) is 0 Å². The van der Waals surface area contributed by atoms with E-state index in [2.05, 4.69) is 84.5 Å². The van der Waals surface area contributed by atoms with Crippen LogP contribution in [-0.4, -0.2) is 29.3 Å². The molecule has 0 bridgehead atoms. The zero-order chi connectivity index (χ0) is 15.4. The lowest BCUT2D eigenvalue weighted by molar-refractivity contribution is -0.275. The average molecular weight is 296 g/mol. The van der Waals surface area contributed by atoms with Gasteiger partial charge in [-0.25, -0.2) is 0 Å². The Kier molecular flexibility index (Phi) is 4.88. The van der Waals surface area contributed by atoms with Crippen LogP contribution in [0.25, 0.3) is 0 Å². The second-order valence-corrected chi connectivity index (χ2v) is 5.82. The number of benzene rings is 2. The van der Waals surface area contributed by atoms with Crippen LogP contribution in [0, 0.1) is 0 Å². The van der Waals surface area contributed by atoms with Gasteiger partial charge in [-0.05, 0) is 24.6 Å². The third-order valence-corrected chi connectivity index (χ3v) is 4.46. The first-order chi connectivity index (χ1) is 10.8. The Morgan fingerprint density at radius 3 is 2.27 bits per heavy atom. The highest BCUT2D eigenvalue weighted by Gasteiger charge is 2.35. The standard InChI is InChI=1S/C19H24N2O/c1-3-20-15-22-21(14-17-10-6-4-7-11-17)19(16(20)2)18-12-8-5-9-13-18/h4-13,16,19H,3,14-15H2,1-2H3. The van der Waals surface area contributed by atoms with Crippen LogP contribution in [0.1, 0.15) is 31.0 Å². The average Bonchev–Trinajstić information content (AvgIpc) is 2.57. The quantitative estimate of drug-likeness (QED) is 0.852. The summed E-state index contributed by atoms with van der Waals surface area (Å²) >= 11 is 0. The van der Waals surface area contributed by atoms with Crippen molar-refractivity contribution in [3.63, 3.8) is 0 Å². The van der Waals surface area contributed by atoms with Crippen LogP contribution in [0.5, 0.6) is 0 Å². The molecule has 0 amide bonds. The number of hydroxylamine groups is 2. The molecule has 22 heavy (non-hydrogen) atoms. The van der Waals surface area contributed by atoms with Crippen LogP contribution in [-0.2, 0) is 11.4 Å². The van der Waals surface area contributed by atoms with Crippen molar-refractivity contribution in [2.45, 2.75) is 32.5 Å². The molecular formula is C19H24N2O. The fraction of sp³-hybridized carbons (Fsp3) is 0.368. The third kappa shape index (κ3) is 3.22. The molecule has 1 saturated heterocycles. The van der Waals surface area contributed by atoms with E-state index in [0.29, 0.717) is 12.8 Å². The van der Waals surface area contributed by atoms with Crippen LogP contribution < -0.4 is 0 Å². The Hall–Kier alpha value is -1.68. The zero-order valence-corrected chi connectivity index (χ0v) is 13.4. The van der Waals surface area contributed by atoms with Crippen LogP contribution in [0.3, 0.4) is 0 Å². The van der Waals surface area contributed by atoms with Gasteiger partial charge in [-0.1, -0.05) is 67.6 Å². The summed E-state index contributed by atoms with van der Waals surface area (Å²) in [4.78, 5) is 8.46. The van der Waals surface area contributed by atoms with Crippen molar-refractivity contribution in [1.29, 1.82) is 0 Å². The second-order valence-electron chi connectivity index (χ2n) is 5.82. The van der Waals surface area contributed by atoms with E-state index < -0.39 is 0 Å². The van der Waals surface area contributed by atoms with Crippen molar-refractivity contribution < 1.29 is 4.84 Å². The molecule has 0 saturated carbocycles. The highest BCUT2D eigenvalue weighted by Crippen LogP contribution is 2.32. The molecule has 0 N–H and O–H groups in total. The molecule has 0 radical (unpaired) electrons. The Balaban J connectivity index is 1.86. The summed E-state index contributed by atoms with van der Waals surface area (Å²) in [6.07, 6.45) is 0. The van der Waals surface area contributed by atoms with Gasteiger partial charge in [-0.15, -0.1) is 0 Å². The first-order valence-electron chi connectivity index (χ1n) is 8.02. The first kappa shape index (κ1) is 15.2. The Labute approximate surface area is 133 Å². The molecule has 116 valence electrons. The van der Waals surface area contributed by atoms with E-state index in [9.17, 15) is 0 Å². The first-order valence-corrected chi connectivity index (χ1v) is 8.02. The summed E-state index contributed by atoms with van der Waals surface area (Å²) in [5.41, 5.74) is 2.59. The van der Waals surface area contributed by atoms with E-state index in [4.69, 9.17) is 4.84 Å². The van der Waals surface area contributed by atoms with E-state index in [1.165, 1.54) is 11.1 Å². The lowest BCUT2D eigenvalue weighted by atomic mass is 9.98. The topological polar surface area (TPSA) is 15.7 Å². The highest BCUT2D eigenvalue weighted by atomic mass is 16.7. The van der Waals surface area contributed by atoms with Gasteiger partial charge in [0.05, 0.1) is 6.04 Å². The molecule has 2 unspecified atom stereocenters. The Morgan fingerprint density at radius 2 is 1.64 bits per heavy atom. The SMILES string of the molecule is CCN1CON(Cc2ccccc2)C(c2ccccc2)C1C. The smallest absolute Gasteiger partial charge is 0.121 e. The summed E-state index contributed by atoms with van der Waals surface area (Å²) in [6, 6.07) is 21.9. The van der Waals surface area contributed by atoms with Gasteiger partial charge in [0.25, 0.3) is 0 Å². The summed E-state index contributed by atoms with van der Waals surface area (Å²) in [5.74, 6) is 0. The minimum Gasteiger partial charge on any atom is -0.282 e. The summed E-state index contributed by atoms with van der Waals surface area (Å²) in [5, 5.41) is 2.14. The third-order valence-electron chi connectivity index (χ3n) is 4.46. The molecule has 2 aromatic rings. The fourth-order valence-electron chi connectivity index (χ4n) is 3.17. The van der Waals surface area contributed by atoms with Crippen molar-refractivity contribution in [2.75, 3.05) is 13.3 Å². The number of nitrogens with zero attached hydrogens (tertiary/aromatic N) is 2. The molecule has 1 aliphatic heterocycles. The number of rotatable bonds is 4. The predicted octanol–water partition coefficient (Wildman–Crippen LogP) is 3.84.